The lowest BCUT2D eigenvalue weighted by Crippen LogP contribution is -2.26. The van der Waals surface area contributed by atoms with Crippen LogP contribution in [0.1, 0.15) is 61.1 Å². The van der Waals surface area contributed by atoms with E-state index in [4.69, 9.17) is 0 Å². The molecule has 3 radical (unpaired) electrons. The average Bonchev–Trinajstić information content (AvgIpc) is 3.21. The largest absolute Gasteiger partial charge is 0.0776 e. The summed E-state index contributed by atoms with van der Waals surface area (Å²) in [5, 5.41) is 0. The lowest BCUT2D eigenvalue weighted by atomic mass is 9.70. The lowest BCUT2D eigenvalue weighted by molar-refractivity contribution is 0.791. The average molecular weight is 415 g/mol. The van der Waals surface area contributed by atoms with E-state index in [0.29, 0.717) is 0 Å². The highest BCUT2D eigenvalue weighted by Crippen LogP contribution is 2.62. The Morgan fingerprint density at radius 3 is 1.28 bits per heavy atom. The minimum atomic E-state index is -0.199. The maximum Gasteiger partial charge on any atom is 0.0725 e. The van der Waals surface area contributed by atoms with E-state index >= 15 is 0 Å². The van der Waals surface area contributed by atoms with E-state index in [9.17, 15) is 0 Å². The Kier molecular flexibility index (Phi) is 6.51. The molecule has 0 heterocycles. The van der Waals surface area contributed by atoms with Gasteiger partial charge in [-0.3, -0.25) is 0 Å². The SMILES string of the molecule is C.CCC.Cc1ccc2c(c1)C1(c3ccccc3-c3ccccc31)c1cc(C)ccc1-2.[B]. The minimum absolute atomic E-state index is 0. The van der Waals surface area contributed by atoms with Gasteiger partial charge >= 0.3 is 0 Å². The van der Waals surface area contributed by atoms with Crippen molar-refractivity contribution in [3.63, 3.8) is 0 Å². The highest BCUT2D eigenvalue weighted by molar-refractivity contribution is 5.95. The van der Waals surface area contributed by atoms with Crippen LogP contribution in [0.5, 0.6) is 0 Å². The normalized spacial score (nSPS) is 12.9. The van der Waals surface area contributed by atoms with Gasteiger partial charge in [0.15, 0.2) is 0 Å². The summed E-state index contributed by atoms with van der Waals surface area (Å²) >= 11 is 0. The molecule has 1 spiro atoms. The maximum atomic E-state index is 2.41. The van der Waals surface area contributed by atoms with E-state index < -0.39 is 0 Å². The van der Waals surface area contributed by atoms with Gasteiger partial charge in [-0.15, -0.1) is 0 Å². The Balaban J connectivity index is 0.000000550. The molecule has 0 unspecified atom stereocenters. The third-order valence-electron chi connectivity index (χ3n) is 6.40. The molecule has 0 nitrogen and oxygen atoms in total. The van der Waals surface area contributed by atoms with Crippen LogP contribution in [0.25, 0.3) is 22.3 Å². The zero-order valence-corrected chi connectivity index (χ0v) is 18.9. The molecule has 2 aliphatic rings. The van der Waals surface area contributed by atoms with Gasteiger partial charge in [0.05, 0.1) is 5.41 Å². The second-order valence-corrected chi connectivity index (χ2v) is 8.65. The molecule has 0 amide bonds. The van der Waals surface area contributed by atoms with Crippen LogP contribution in [-0.2, 0) is 5.41 Å². The van der Waals surface area contributed by atoms with E-state index in [-0.39, 0.29) is 21.3 Å². The van der Waals surface area contributed by atoms with Gasteiger partial charge in [-0.05, 0) is 58.4 Å². The van der Waals surface area contributed by atoms with Crippen LogP contribution in [-0.4, -0.2) is 8.41 Å². The van der Waals surface area contributed by atoms with E-state index in [0.717, 1.165) is 0 Å². The van der Waals surface area contributed by atoms with Gasteiger partial charge in [-0.1, -0.05) is 124 Å². The Bertz CT molecular complexity index is 1170. The van der Waals surface area contributed by atoms with E-state index in [1.165, 1.54) is 62.1 Å². The predicted molar refractivity (Wildman–Crippen MR) is 141 cm³/mol. The quantitative estimate of drug-likeness (QED) is 0.219. The first-order valence-electron chi connectivity index (χ1n) is 11.0. The molecule has 0 atom stereocenters. The van der Waals surface area contributed by atoms with Crippen molar-refractivity contribution in [1.29, 1.82) is 0 Å². The summed E-state index contributed by atoms with van der Waals surface area (Å²) in [4.78, 5) is 0. The molecule has 6 rings (SSSR count). The molecule has 2 aliphatic carbocycles. The van der Waals surface area contributed by atoms with E-state index in [1.807, 2.05) is 0 Å². The highest BCUT2D eigenvalue weighted by Gasteiger charge is 2.51. The second-order valence-electron chi connectivity index (χ2n) is 8.65. The fourth-order valence-electron chi connectivity index (χ4n) is 5.37. The predicted octanol–water partition coefficient (Wildman–Crippen LogP) is 8.32. The zero-order valence-electron chi connectivity index (χ0n) is 18.9. The Labute approximate surface area is 195 Å². The van der Waals surface area contributed by atoms with Gasteiger partial charge in [-0.25, -0.2) is 0 Å². The Morgan fingerprint density at radius 1 is 0.531 bits per heavy atom. The van der Waals surface area contributed by atoms with E-state index in [2.05, 4.69) is 113 Å². The summed E-state index contributed by atoms with van der Waals surface area (Å²) in [5.74, 6) is 0. The van der Waals surface area contributed by atoms with Gasteiger partial charge in [0.25, 0.3) is 0 Å². The first kappa shape index (κ1) is 23.6. The van der Waals surface area contributed by atoms with Crippen LogP contribution in [0.4, 0.5) is 0 Å². The molecule has 0 saturated heterocycles. The third kappa shape index (κ3) is 3.06. The number of hydrogen-bond donors (Lipinski definition) is 0. The van der Waals surface area contributed by atoms with Crippen molar-refractivity contribution in [3.05, 3.63) is 118 Å². The van der Waals surface area contributed by atoms with Crippen LogP contribution in [0.15, 0.2) is 84.9 Å². The molecular weight excluding hydrogens is 383 g/mol. The van der Waals surface area contributed by atoms with E-state index in [1.54, 1.807) is 0 Å². The topological polar surface area (TPSA) is 0 Å². The summed E-state index contributed by atoms with van der Waals surface area (Å²) in [7, 11) is 0. The van der Waals surface area contributed by atoms with Gasteiger partial charge in [0, 0.05) is 8.41 Å². The van der Waals surface area contributed by atoms with Crippen molar-refractivity contribution >= 4 is 8.41 Å². The Hall–Kier alpha value is -3.06. The summed E-state index contributed by atoms with van der Waals surface area (Å²) in [6, 6.07) is 31.9. The third-order valence-corrected chi connectivity index (χ3v) is 6.40. The van der Waals surface area contributed by atoms with Crippen molar-refractivity contribution in [1.82, 2.24) is 0 Å². The first-order chi connectivity index (χ1) is 14.6. The van der Waals surface area contributed by atoms with Crippen molar-refractivity contribution in [2.75, 3.05) is 0 Å². The highest BCUT2D eigenvalue weighted by atomic mass is 14.5. The van der Waals surface area contributed by atoms with Crippen LogP contribution in [0.3, 0.4) is 0 Å². The smallest absolute Gasteiger partial charge is 0.0725 e. The second kappa shape index (κ2) is 8.83. The molecule has 0 N–H and O–H groups in total. The molecule has 0 aromatic heterocycles. The first-order valence-corrected chi connectivity index (χ1v) is 11.0. The molecule has 0 aliphatic heterocycles. The van der Waals surface area contributed by atoms with Crippen LogP contribution in [0, 0.1) is 13.8 Å². The van der Waals surface area contributed by atoms with Crippen LogP contribution >= 0.6 is 0 Å². The molecule has 0 bridgehead atoms. The molecule has 4 aromatic rings. The zero-order chi connectivity index (χ0) is 20.9. The van der Waals surface area contributed by atoms with Crippen molar-refractivity contribution in [2.24, 2.45) is 0 Å². The minimum Gasteiger partial charge on any atom is -0.0776 e. The molecule has 0 fully saturated rings. The molecular formula is C31H32B. The monoisotopic (exact) mass is 415 g/mol. The lowest BCUT2D eigenvalue weighted by Gasteiger charge is -2.30. The number of aryl methyl sites for hydroxylation is 2. The van der Waals surface area contributed by atoms with Crippen molar-refractivity contribution in [3.8, 4) is 22.3 Å². The molecule has 0 saturated carbocycles. The standard InChI is InChI=1S/C27H20.C3H8.CH4.B/c1-17-11-13-21-22-14-12-18(2)16-26(22)27(25(21)15-17)23-9-5-3-7-19(23)20-8-4-6-10-24(20)27;1-3-2;;/h3-16H,1-2H3;3H2,1-2H3;1H4;. The molecule has 159 valence electrons. The van der Waals surface area contributed by atoms with Gasteiger partial charge in [0.2, 0.25) is 0 Å². The number of benzene rings is 4. The Morgan fingerprint density at radius 2 is 0.875 bits per heavy atom. The molecule has 4 aromatic carbocycles. The molecule has 32 heavy (non-hydrogen) atoms. The summed E-state index contributed by atoms with van der Waals surface area (Å²) in [5.41, 5.74) is 13.6. The molecule has 1 heteroatoms. The fraction of sp³-hybridized carbons (Fsp3) is 0.226. The van der Waals surface area contributed by atoms with Crippen LogP contribution in [0.2, 0.25) is 0 Å². The number of hydrogen-bond acceptors (Lipinski definition) is 0. The van der Waals surface area contributed by atoms with Gasteiger partial charge in [0.1, 0.15) is 0 Å². The van der Waals surface area contributed by atoms with Crippen molar-refractivity contribution in [2.45, 2.75) is 47.0 Å². The van der Waals surface area contributed by atoms with Crippen molar-refractivity contribution < 1.29 is 0 Å². The van der Waals surface area contributed by atoms with Gasteiger partial charge < -0.3 is 0 Å². The summed E-state index contributed by atoms with van der Waals surface area (Å²) in [6.45, 7) is 8.66. The number of rotatable bonds is 0. The number of fused-ring (bicyclic) bond motifs is 10. The summed E-state index contributed by atoms with van der Waals surface area (Å²) < 4.78 is 0. The van der Waals surface area contributed by atoms with Crippen LogP contribution < -0.4 is 0 Å². The fourth-order valence-corrected chi connectivity index (χ4v) is 5.37. The van der Waals surface area contributed by atoms with Gasteiger partial charge in [-0.2, -0.15) is 0 Å². The maximum absolute atomic E-state index is 2.41. The summed E-state index contributed by atoms with van der Waals surface area (Å²) in [6.07, 6.45) is 1.25.